The van der Waals surface area contributed by atoms with Crippen LogP contribution in [0.3, 0.4) is 0 Å². The minimum absolute atomic E-state index is 0.562. The summed E-state index contributed by atoms with van der Waals surface area (Å²) in [6, 6.07) is 20.8. The Morgan fingerprint density at radius 3 is 1.32 bits per heavy atom. The van der Waals surface area contributed by atoms with Gasteiger partial charge in [-0.1, -0.05) is 60.7 Å². The minimum atomic E-state index is -2.96. The fourth-order valence-corrected chi connectivity index (χ4v) is 5.45. The summed E-state index contributed by atoms with van der Waals surface area (Å²) in [6.45, 7) is 9.10. The number of rotatable bonds is 11. The Morgan fingerprint density at radius 1 is 0.640 bits per heavy atom. The van der Waals surface area contributed by atoms with Gasteiger partial charge in [0.2, 0.25) is 0 Å². The molecular weight excluding hydrogens is 330 g/mol. The molecule has 0 unspecified atom stereocenters. The summed E-state index contributed by atoms with van der Waals surface area (Å²) < 4.78 is 20.7. The first-order chi connectivity index (χ1) is 12.2. The maximum atomic E-state index is 6.14. The molecule has 0 fully saturated rings. The zero-order valence-electron chi connectivity index (χ0n) is 15.5. The Kier molecular flexibility index (Phi) is 8.31. The highest BCUT2D eigenvalue weighted by molar-refractivity contribution is 6.57. The molecule has 25 heavy (non-hydrogen) atoms. The summed E-state index contributed by atoms with van der Waals surface area (Å²) in [5.41, 5.74) is 2.43. The lowest BCUT2D eigenvalue weighted by Gasteiger charge is -2.37. The van der Waals surface area contributed by atoms with Gasteiger partial charge in [0.1, 0.15) is 0 Å². The molecule has 5 heteroatoms. The van der Waals surface area contributed by atoms with Crippen LogP contribution in [0.15, 0.2) is 60.7 Å². The second-order valence-electron chi connectivity index (χ2n) is 5.65. The summed E-state index contributed by atoms with van der Waals surface area (Å²) in [7, 11) is -2.96. The molecule has 0 aliphatic rings. The summed E-state index contributed by atoms with van der Waals surface area (Å²) in [5.74, 6) is 0. The first kappa shape index (κ1) is 19.8. The molecule has 0 amide bonds. The van der Waals surface area contributed by atoms with Crippen molar-refractivity contribution in [1.82, 2.24) is 4.57 Å². The van der Waals surface area contributed by atoms with Gasteiger partial charge in [-0.05, 0) is 31.9 Å². The van der Waals surface area contributed by atoms with Crippen molar-refractivity contribution in [2.45, 2.75) is 33.9 Å². The van der Waals surface area contributed by atoms with Crippen molar-refractivity contribution in [3.63, 3.8) is 0 Å². The van der Waals surface area contributed by atoms with Crippen LogP contribution in [0.4, 0.5) is 0 Å². The first-order valence-corrected chi connectivity index (χ1v) is 10.7. The standard InChI is InChI=1S/C20H29NO3Si/c1-4-22-25(23-5-2,24-6-3)21(17-19-13-9-7-10-14-19)18-20-15-11-8-12-16-20/h7-16H,4-6,17-18H2,1-3H3. The Morgan fingerprint density at radius 2 is 1.00 bits per heavy atom. The zero-order valence-corrected chi connectivity index (χ0v) is 16.5. The van der Waals surface area contributed by atoms with Gasteiger partial charge in [-0.2, -0.15) is 0 Å². The molecule has 0 atom stereocenters. The third-order valence-electron chi connectivity index (χ3n) is 3.80. The van der Waals surface area contributed by atoms with Crippen molar-refractivity contribution < 1.29 is 13.3 Å². The van der Waals surface area contributed by atoms with E-state index in [1.165, 1.54) is 11.1 Å². The van der Waals surface area contributed by atoms with E-state index in [2.05, 4.69) is 53.1 Å². The van der Waals surface area contributed by atoms with E-state index in [1.54, 1.807) is 0 Å². The van der Waals surface area contributed by atoms with E-state index in [9.17, 15) is 0 Å². The minimum Gasteiger partial charge on any atom is -0.361 e. The van der Waals surface area contributed by atoms with Crippen LogP contribution in [0, 0.1) is 0 Å². The molecule has 0 aliphatic carbocycles. The zero-order chi connectivity index (χ0) is 18.0. The fourth-order valence-electron chi connectivity index (χ4n) is 2.80. The highest BCUT2D eigenvalue weighted by atomic mass is 28.4. The average Bonchev–Trinajstić information content (AvgIpc) is 2.63. The molecule has 2 aromatic rings. The largest absolute Gasteiger partial charge is 0.600 e. The van der Waals surface area contributed by atoms with Gasteiger partial charge in [0, 0.05) is 32.9 Å². The topological polar surface area (TPSA) is 30.9 Å². The monoisotopic (exact) mass is 359 g/mol. The van der Waals surface area contributed by atoms with Crippen molar-refractivity contribution in [3.05, 3.63) is 71.8 Å². The quantitative estimate of drug-likeness (QED) is 0.562. The van der Waals surface area contributed by atoms with E-state index in [0.717, 1.165) is 13.1 Å². The number of hydrogen-bond acceptors (Lipinski definition) is 4. The van der Waals surface area contributed by atoms with Crippen LogP contribution in [0.5, 0.6) is 0 Å². The van der Waals surface area contributed by atoms with Crippen molar-refractivity contribution in [2.24, 2.45) is 0 Å². The van der Waals surface area contributed by atoms with Crippen molar-refractivity contribution in [1.29, 1.82) is 0 Å². The lowest BCUT2D eigenvalue weighted by molar-refractivity contribution is 0.0118. The van der Waals surface area contributed by atoms with E-state index in [-0.39, 0.29) is 0 Å². The average molecular weight is 360 g/mol. The second-order valence-corrected chi connectivity index (χ2v) is 8.20. The van der Waals surface area contributed by atoms with Crippen molar-refractivity contribution >= 4 is 8.97 Å². The van der Waals surface area contributed by atoms with Crippen LogP contribution in [-0.2, 0) is 26.4 Å². The normalized spacial score (nSPS) is 11.8. The Labute approximate surface area is 152 Å². The molecule has 0 bridgehead atoms. The van der Waals surface area contributed by atoms with Crippen LogP contribution in [0.1, 0.15) is 31.9 Å². The molecule has 0 heterocycles. The lowest BCUT2D eigenvalue weighted by atomic mass is 10.2. The van der Waals surface area contributed by atoms with Gasteiger partial charge in [-0.15, -0.1) is 0 Å². The predicted molar refractivity (Wildman–Crippen MR) is 103 cm³/mol. The summed E-state index contributed by atoms with van der Waals surface area (Å²) in [4.78, 5) is 0. The van der Waals surface area contributed by atoms with Crippen molar-refractivity contribution in [2.75, 3.05) is 19.8 Å². The molecule has 0 aromatic heterocycles. The van der Waals surface area contributed by atoms with Gasteiger partial charge >= 0.3 is 8.97 Å². The number of hydrogen-bond donors (Lipinski definition) is 0. The Balaban J connectivity index is 2.34. The number of benzene rings is 2. The molecule has 2 aromatic carbocycles. The smallest absolute Gasteiger partial charge is 0.361 e. The highest BCUT2D eigenvalue weighted by Crippen LogP contribution is 2.22. The molecular formula is C20H29NO3Si. The Hall–Kier alpha value is -1.50. The predicted octanol–water partition coefficient (Wildman–Crippen LogP) is 4.23. The van der Waals surface area contributed by atoms with E-state index >= 15 is 0 Å². The van der Waals surface area contributed by atoms with Crippen LogP contribution in [0.2, 0.25) is 0 Å². The van der Waals surface area contributed by atoms with Gasteiger partial charge in [0.15, 0.2) is 0 Å². The third kappa shape index (κ3) is 5.76. The van der Waals surface area contributed by atoms with Crippen LogP contribution in [0.25, 0.3) is 0 Å². The molecule has 0 spiro atoms. The van der Waals surface area contributed by atoms with Gasteiger partial charge < -0.3 is 13.3 Å². The molecule has 2 rings (SSSR count). The maximum Gasteiger partial charge on any atom is 0.600 e. The highest BCUT2D eigenvalue weighted by Gasteiger charge is 2.48. The molecule has 4 nitrogen and oxygen atoms in total. The molecule has 0 saturated heterocycles. The summed E-state index contributed by atoms with van der Waals surface area (Å²) in [5, 5.41) is 0. The third-order valence-corrected chi connectivity index (χ3v) is 6.85. The van der Waals surface area contributed by atoms with E-state index in [4.69, 9.17) is 13.3 Å². The maximum absolute atomic E-state index is 6.14. The van der Waals surface area contributed by atoms with E-state index in [0.29, 0.717) is 19.8 Å². The molecule has 0 aliphatic heterocycles. The SMILES string of the molecule is CCO[Si](OCC)(OCC)N(Cc1ccccc1)Cc1ccccc1. The summed E-state index contributed by atoms with van der Waals surface area (Å²) >= 11 is 0. The molecule has 0 N–H and O–H groups in total. The van der Waals surface area contributed by atoms with Crippen molar-refractivity contribution in [3.8, 4) is 0 Å². The van der Waals surface area contributed by atoms with E-state index < -0.39 is 8.97 Å². The van der Waals surface area contributed by atoms with Gasteiger partial charge in [-0.25, -0.2) is 4.57 Å². The second kappa shape index (κ2) is 10.5. The van der Waals surface area contributed by atoms with E-state index in [1.807, 2.05) is 32.9 Å². The first-order valence-electron chi connectivity index (χ1n) is 8.98. The van der Waals surface area contributed by atoms with Gasteiger partial charge in [0.05, 0.1) is 0 Å². The molecule has 0 radical (unpaired) electrons. The van der Waals surface area contributed by atoms with Crippen LogP contribution >= 0.6 is 0 Å². The van der Waals surface area contributed by atoms with Crippen LogP contribution < -0.4 is 0 Å². The van der Waals surface area contributed by atoms with Gasteiger partial charge in [0.25, 0.3) is 0 Å². The molecule has 0 saturated carbocycles. The number of nitrogens with zero attached hydrogens (tertiary/aromatic N) is 1. The fraction of sp³-hybridized carbons (Fsp3) is 0.400. The van der Waals surface area contributed by atoms with Gasteiger partial charge in [-0.3, -0.25) is 0 Å². The Bertz CT molecular complexity index is 536. The lowest BCUT2D eigenvalue weighted by Crippen LogP contribution is -2.60. The summed E-state index contributed by atoms with van der Waals surface area (Å²) in [6.07, 6.45) is 0. The van der Waals surface area contributed by atoms with Crippen LogP contribution in [-0.4, -0.2) is 33.4 Å². The molecule has 136 valence electrons.